The number of nitrogens with one attached hydrogen (secondary N) is 1. The van der Waals surface area contributed by atoms with E-state index >= 15 is 0 Å². The highest BCUT2D eigenvalue weighted by Crippen LogP contribution is 2.31. The van der Waals surface area contributed by atoms with Crippen molar-refractivity contribution in [3.8, 4) is 5.75 Å². The van der Waals surface area contributed by atoms with E-state index in [-0.39, 0.29) is 12.5 Å². The van der Waals surface area contributed by atoms with Crippen LogP contribution in [0, 0.1) is 5.92 Å². The van der Waals surface area contributed by atoms with E-state index < -0.39 is 0 Å². The van der Waals surface area contributed by atoms with E-state index in [1.165, 1.54) is 0 Å². The second-order valence-electron chi connectivity index (χ2n) is 6.03. The molecule has 1 aliphatic heterocycles. The number of anilines is 1. The van der Waals surface area contributed by atoms with Crippen LogP contribution in [0.25, 0.3) is 0 Å². The summed E-state index contributed by atoms with van der Waals surface area (Å²) < 4.78 is 5.43. The first kappa shape index (κ1) is 17.1. The first-order valence-electron chi connectivity index (χ1n) is 8.14. The number of aliphatic imine (C=N–C) groups is 1. The Hall–Kier alpha value is -2.24. The SMILES string of the molecule is CC(C)CCNC(N)=NCCCN1C(=O)COc2ccccc21. The third-order valence-electron chi connectivity index (χ3n) is 3.66. The molecule has 0 aliphatic carbocycles. The molecular weight excluding hydrogens is 292 g/mol. The van der Waals surface area contributed by atoms with Crippen molar-refractivity contribution in [2.24, 2.45) is 16.6 Å². The van der Waals surface area contributed by atoms with Gasteiger partial charge in [-0.3, -0.25) is 9.79 Å². The number of guanidine groups is 1. The number of hydrogen-bond acceptors (Lipinski definition) is 3. The molecule has 0 saturated heterocycles. The fraction of sp³-hybridized carbons (Fsp3) is 0.529. The minimum absolute atomic E-state index is 0.0179. The maximum absolute atomic E-state index is 12.0. The Morgan fingerprint density at radius 2 is 2.22 bits per heavy atom. The van der Waals surface area contributed by atoms with Crippen molar-refractivity contribution in [2.45, 2.75) is 26.7 Å². The van der Waals surface area contributed by atoms with Crippen LogP contribution in [0.2, 0.25) is 0 Å². The number of ether oxygens (including phenoxy) is 1. The molecule has 6 heteroatoms. The van der Waals surface area contributed by atoms with Gasteiger partial charge in [0.25, 0.3) is 5.91 Å². The van der Waals surface area contributed by atoms with Gasteiger partial charge in [0, 0.05) is 19.6 Å². The van der Waals surface area contributed by atoms with Crippen LogP contribution < -0.4 is 20.7 Å². The van der Waals surface area contributed by atoms with Crippen molar-refractivity contribution in [1.82, 2.24) is 5.32 Å². The number of carbonyl (C=O) groups is 1. The molecule has 2 rings (SSSR count). The molecule has 0 bridgehead atoms. The lowest BCUT2D eigenvalue weighted by molar-refractivity contribution is -0.121. The highest BCUT2D eigenvalue weighted by atomic mass is 16.5. The number of para-hydroxylation sites is 2. The highest BCUT2D eigenvalue weighted by molar-refractivity contribution is 5.97. The second-order valence-corrected chi connectivity index (χ2v) is 6.03. The lowest BCUT2D eigenvalue weighted by Gasteiger charge is -2.29. The number of rotatable bonds is 7. The molecule has 1 heterocycles. The van der Waals surface area contributed by atoms with E-state index in [0.29, 0.717) is 25.0 Å². The summed E-state index contributed by atoms with van der Waals surface area (Å²) in [6.45, 7) is 6.48. The van der Waals surface area contributed by atoms with Crippen molar-refractivity contribution in [2.75, 3.05) is 31.1 Å². The smallest absolute Gasteiger partial charge is 0.265 e. The van der Waals surface area contributed by atoms with Crippen molar-refractivity contribution in [3.05, 3.63) is 24.3 Å². The van der Waals surface area contributed by atoms with Crippen LogP contribution in [0.3, 0.4) is 0 Å². The number of hydrogen-bond donors (Lipinski definition) is 2. The van der Waals surface area contributed by atoms with Crippen LogP contribution in [0.1, 0.15) is 26.7 Å². The lowest BCUT2D eigenvalue weighted by Crippen LogP contribution is -2.39. The Bertz CT molecular complexity index is 557. The maximum atomic E-state index is 12.0. The van der Waals surface area contributed by atoms with E-state index in [1.807, 2.05) is 24.3 Å². The average molecular weight is 318 g/mol. The van der Waals surface area contributed by atoms with Gasteiger partial charge < -0.3 is 20.7 Å². The van der Waals surface area contributed by atoms with E-state index in [4.69, 9.17) is 10.5 Å². The molecule has 23 heavy (non-hydrogen) atoms. The highest BCUT2D eigenvalue weighted by Gasteiger charge is 2.24. The molecule has 3 N–H and O–H groups in total. The Morgan fingerprint density at radius 1 is 1.43 bits per heavy atom. The first-order chi connectivity index (χ1) is 11.1. The molecule has 0 fully saturated rings. The molecular formula is C17H26N4O2. The van der Waals surface area contributed by atoms with Gasteiger partial charge in [0.1, 0.15) is 5.75 Å². The van der Waals surface area contributed by atoms with E-state index in [2.05, 4.69) is 24.2 Å². The van der Waals surface area contributed by atoms with E-state index in [0.717, 1.165) is 30.8 Å². The number of amides is 1. The van der Waals surface area contributed by atoms with E-state index in [1.54, 1.807) is 4.90 Å². The number of fused-ring (bicyclic) bond motifs is 1. The minimum atomic E-state index is -0.0179. The van der Waals surface area contributed by atoms with Crippen LogP contribution in [0.4, 0.5) is 5.69 Å². The standard InChI is InChI=1S/C17H26N4O2/c1-13(2)8-10-20-17(18)19-9-5-11-21-14-6-3-4-7-15(14)23-12-16(21)22/h3-4,6-7,13H,5,8-12H2,1-2H3,(H3,18,19,20). The summed E-state index contributed by atoms with van der Waals surface area (Å²) in [7, 11) is 0. The Balaban J connectivity index is 1.79. The molecule has 1 amide bonds. The van der Waals surface area contributed by atoms with E-state index in [9.17, 15) is 4.79 Å². The van der Waals surface area contributed by atoms with Gasteiger partial charge in [-0.05, 0) is 30.9 Å². The van der Waals surface area contributed by atoms with Crippen LogP contribution in [-0.4, -0.2) is 38.1 Å². The fourth-order valence-electron chi connectivity index (χ4n) is 2.37. The summed E-state index contributed by atoms with van der Waals surface area (Å²) >= 11 is 0. The zero-order valence-electron chi connectivity index (χ0n) is 13.9. The number of nitrogens with two attached hydrogens (primary N) is 1. The summed E-state index contributed by atoms with van der Waals surface area (Å²) in [5.41, 5.74) is 6.65. The third-order valence-corrected chi connectivity index (χ3v) is 3.66. The van der Waals surface area contributed by atoms with Crippen molar-refractivity contribution in [3.63, 3.8) is 0 Å². The molecule has 1 aliphatic rings. The maximum Gasteiger partial charge on any atom is 0.265 e. The minimum Gasteiger partial charge on any atom is -0.482 e. The Morgan fingerprint density at radius 3 is 3.00 bits per heavy atom. The largest absolute Gasteiger partial charge is 0.482 e. The predicted octanol–water partition coefficient (Wildman–Crippen LogP) is 1.75. The van der Waals surface area contributed by atoms with Crippen molar-refractivity contribution >= 4 is 17.6 Å². The van der Waals surface area contributed by atoms with Gasteiger partial charge in [-0.25, -0.2) is 0 Å². The third kappa shape index (κ3) is 5.16. The van der Waals surface area contributed by atoms with Crippen LogP contribution >= 0.6 is 0 Å². The van der Waals surface area contributed by atoms with Gasteiger partial charge in [-0.15, -0.1) is 0 Å². The molecule has 0 atom stereocenters. The van der Waals surface area contributed by atoms with Crippen molar-refractivity contribution < 1.29 is 9.53 Å². The van der Waals surface area contributed by atoms with Gasteiger partial charge in [-0.1, -0.05) is 26.0 Å². The monoisotopic (exact) mass is 318 g/mol. The molecule has 1 aromatic carbocycles. The number of benzene rings is 1. The van der Waals surface area contributed by atoms with Crippen LogP contribution in [-0.2, 0) is 4.79 Å². The second kappa shape index (κ2) is 8.41. The Labute approximate surface area is 137 Å². The molecule has 126 valence electrons. The molecule has 0 saturated carbocycles. The van der Waals surface area contributed by atoms with Crippen molar-refractivity contribution in [1.29, 1.82) is 0 Å². The summed E-state index contributed by atoms with van der Waals surface area (Å²) in [5, 5.41) is 3.10. The summed E-state index contributed by atoms with van der Waals surface area (Å²) in [6, 6.07) is 7.59. The average Bonchev–Trinajstić information content (AvgIpc) is 2.52. The molecule has 0 aromatic heterocycles. The van der Waals surface area contributed by atoms with Gasteiger partial charge in [0.15, 0.2) is 12.6 Å². The number of nitrogens with zero attached hydrogens (tertiary/aromatic N) is 2. The quantitative estimate of drug-likeness (QED) is 0.456. The van der Waals surface area contributed by atoms with Gasteiger partial charge >= 0.3 is 0 Å². The van der Waals surface area contributed by atoms with Gasteiger partial charge in [0.05, 0.1) is 5.69 Å². The molecule has 1 aromatic rings. The van der Waals surface area contributed by atoms with Gasteiger partial charge in [0.2, 0.25) is 0 Å². The first-order valence-corrected chi connectivity index (χ1v) is 8.14. The molecule has 0 radical (unpaired) electrons. The topological polar surface area (TPSA) is 80.0 Å². The molecule has 6 nitrogen and oxygen atoms in total. The normalized spacial score (nSPS) is 14.7. The van der Waals surface area contributed by atoms with Gasteiger partial charge in [-0.2, -0.15) is 0 Å². The zero-order chi connectivity index (χ0) is 16.7. The number of carbonyl (C=O) groups excluding carboxylic acids is 1. The predicted molar refractivity (Wildman–Crippen MR) is 92.9 cm³/mol. The molecule has 0 spiro atoms. The summed E-state index contributed by atoms with van der Waals surface area (Å²) in [5.74, 6) is 1.85. The zero-order valence-corrected chi connectivity index (χ0v) is 13.9. The Kier molecular flexibility index (Phi) is 6.26. The lowest BCUT2D eigenvalue weighted by atomic mass is 10.1. The van der Waals surface area contributed by atoms with Crippen LogP contribution in [0.15, 0.2) is 29.3 Å². The summed E-state index contributed by atoms with van der Waals surface area (Å²) in [4.78, 5) is 18.1. The summed E-state index contributed by atoms with van der Waals surface area (Å²) in [6.07, 6.45) is 1.82. The van der Waals surface area contributed by atoms with Crippen LogP contribution in [0.5, 0.6) is 5.75 Å². The molecule has 0 unspecified atom stereocenters. The fourth-order valence-corrected chi connectivity index (χ4v) is 2.37.